The molecular weight excluding hydrogens is 364 g/mol. The first-order chi connectivity index (χ1) is 12.9. The molecule has 4 rings (SSSR count). The molecule has 2 aromatic carbocycles. The number of benzene rings is 2. The van der Waals surface area contributed by atoms with Crippen LogP contribution >= 0.6 is 0 Å². The van der Waals surface area contributed by atoms with Crippen molar-refractivity contribution in [2.45, 2.75) is 6.18 Å². The third kappa shape index (κ3) is 3.31. The average molecular weight is 374 g/mol. The van der Waals surface area contributed by atoms with Crippen LogP contribution in [0.4, 0.5) is 17.6 Å². The minimum Gasteiger partial charge on any atom is -0.438 e. The molecule has 9 heteroatoms. The minimum absolute atomic E-state index is 0.0145. The fraction of sp³-hybridized carbons (Fsp3) is 0.0556. The van der Waals surface area contributed by atoms with Gasteiger partial charge in [0.25, 0.3) is 0 Å². The van der Waals surface area contributed by atoms with Gasteiger partial charge in [-0.05, 0) is 42.5 Å². The Kier molecular flexibility index (Phi) is 3.98. The Hall–Kier alpha value is -3.49. The van der Waals surface area contributed by atoms with E-state index in [0.717, 1.165) is 12.1 Å². The van der Waals surface area contributed by atoms with Crippen LogP contribution in [0.3, 0.4) is 0 Å². The molecule has 0 unspecified atom stereocenters. The summed E-state index contributed by atoms with van der Waals surface area (Å²) < 4.78 is 58.7. The Labute approximate surface area is 149 Å². The molecule has 2 aromatic heterocycles. The molecule has 0 amide bonds. The van der Waals surface area contributed by atoms with Crippen LogP contribution in [0.25, 0.3) is 16.7 Å². The van der Waals surface area contributed by atoms with Crippen molar-refractivity contribution in [2.24, 2.45) is 0 Å². The molecule has 5 nitrogen and oxygen atoms in total. The van der Waals surface area contributed by atoms with E-state index < -0.39 is 17.6 Å². The molecule has 27 heavy (non-hydrogen) atoms. The van der Waals surface area contributed by atoms with E-state index in [-0.39, 0.29) is 11.6 Å². The van der Waals surface area contributed by atoms with Crippen molar-refractivity contribution in [1.29, 1.82) is 0 Å². The molecule has 0 aliphatic heterocycles. The second kappa shape index (κ2) is 6.35. The predicted octanol–water partition coefficient (Wildman–Crippen LogP) is 4.77. The van der Waals surface area contributed by atoms with Gasteiger partial charge in [0.05, 0.1) is 17.4 Å². The molecule has 0 aliphatic rings. The Balaban J connectivity index is 1.73. The molecule has 0 saturated heterocycles. The molecule has 0 radical (unpaired) electrons. The van der Waals surface area contributed by atoms with Crippen molar-refractivity contribution in [3.63, 3.8) is 0 Å². The van der Waals surface area contributed by atoms with Gasteiger partial charge in [-0.2, -0.15) is 18.3 Å². The second-order valence-electron chi connectivity index (χ2n) is 5.58. The van der Waals surface area contributed by atoms with Gasteiger partial charge in [0.1, 0.15) is 23.3 Å². The number of alkyl halides is 3. The summed E-state index contributed by atoms with van der Waals surface area (Å²) in [6.07, 6.45) is -1.83. The summed E-state index contributed by atoms with van der Waals surface area (Å²) in [4.78, 5) is 8.12. The highest BCUT2D eigenvalue weighted by atomic mass is 19.4. The van der Waals surface area contributed by atoms with Gasteiger partial charge in [0.15, 0.2) is 5.65 Å². The maximum atomic E-state index is 13.1. The standard InChI is InChI=1S/C18H10F4N4O/c19-12-4-6-13(7-5-12)26-16-15(9-25-26)17(24-10-23-16)27-14-3-1-2-11(8-14)18(20,21)22/h1-10H. The Morgan fingerprint density at radius 2 is 1.74 bits per heavy atom. The molecule has 4 aromatic rings. The fourth-order valence-electron chi connectivity index (χ4n) is 2.52. The van der Waals surface area contributed by atoms with Crippen LogP contribution in [0.15, 0.2) is 61.1 Å². The quantitative estimate of drug-likeness (QED) is 0.485. The molecule has 2 heterocycles. The van der Waals surface area contributed by atoms with Gasteiger partial charge >= 0.3 is 6.18 Å². The summed E-state index contributed by atoms with van der Waals surface area (Å²) in [7, 11) is 0. The van der Waals surface area contributed by atoms with Crippen LogP contribution in [0, 0.1) is 5.82 Å². The van der Waals surface area contributed by atoms with Gasteiger partial charge in [-0.3, -0.25) is 0 Å². The molecule has 0 bridgehead atoms. The lowest BCUT2D eigenvalue weighted by Gasteiger charge is -2.10. The van der Waals surface area contributed by atoms with Crippen LogP contribution in [-0.4, -0.2) is 19.7 Å². The molecule has 0 fully saturated rings. The van der Waals surface area contributed by atoms with E-state index in [0.29, 0.717) is 16.7 Å². The van der Waals surface area contributed by atoms with Gasteiger partial charge in [-0.15, -0.1) is 0 Å². The smallest absolute Gasteiger partial charge is 0.416 e. The van der Waals surface area contributed by atoms with Crippen molar-refractivity contribution < 1.29 is 22.3 Å². The number of rotatable bonds is 3. The summed E-state index contributed by atoms with van der Waals surface area (Å²) in [5.41, 5.74) is 0.112. The SMILES string of the molecule is Fc1ccc(-n2ncc3c(Oc4cccc(C(F)(F)F)c4)ncnc32)cc1. The number of halogens is 4. The van der Waals surface area contributed by atoms with Gasteiger partial charge < -0.3 is 4.74 Å². The third-order valence-corrected chi connectivity index (χ3v) is 3.78. The highest BCUT2D eigenvalue weighted by Gasteiger charge is 2.30. The van der Waals surface area contributed by atoms with Crippen LogP contribution in [0.2, 0.25) is 0 Å². The Morgan fingerprint density at radius 3 is 2.48 bits per heavy atom. The predicted molar refractivity (Wildman–Crippen MR) is 88.1 cm³/mol. The van der Waals surface area contributed by atoms with Crippen molar-refractivity contribution in [1.82, 2.24) is 19.7 Å². The lowest BCUT2D eigenvalue weighted by atomic mass is 10.2. The minimum atomic E-state index is -4.48. The van der Waals surface area contributed by atoms with Crippen LogP contribution < -0.4 is 4.74 Å². The first-order valence-electron chi connectivity index (χ1n) is 7.71. The summed E-state index contributed by atoms with van der Waals surface area (Å²) in [6, 6.07) is 10.1. The first kappa shape index (κ1) is 17.0. The van der Waals surface area contributed by atoms with Crippen LogP contribution in [0.1, 0.15) is 5.56 Å². The number of aromatic nitrogens is 4. The first-order valence-corrected chi connectivity index (χ1v) is 7.71. The molecule has 0 spiro atoms. The zero-order chi connectivity index (χ0) is 19.0. The molecular formula is C18H10F4N4O. The Morgan fingerprint density at radius 1 is 0.963 bits per heavy atom. The van der Waals surface area contributed by atoms with Gasteiger partial charge in [0, 0.05) is 0 Å². The number of nitrogens with zero attached hydrogens (tertiary/aromatic N) is 4. The summed E-state index contributed by atoms with van der Waals surface area (Å²) in [5, 5.41) is 4.59. The second-order valence-corrected chi connectivity index (χ2v) is 5.58. The fourth-order valence-corrected chi connectivity index (χ4v) is 2.52. The highest BCUT2D eigenvalue weighted by Crippen LogP contribution is 2.33. The average Bonchev–Trinajstić information content (AvgIpc) is 3.07. The van der Waals surface area contributed by atoms with Gasteiger partial charge in [0.2, 0.25) is 5.88 Å². The zero-order valence-electron chi connectivity index (χ0n) is 13.5. The van der Waals surface area contributed by atoms with Crippen molar-refractivity contribution >= 4 is 11.0 Å². The molecule has 136 valence electrons. The van der Waals surface area contributed by atoms with Crippen molar-refractivity contribution in [2.75, 3.05) is 0 Å². The molecule has 0 aliphatic carbocycles. The summed E-state index contributed by atoms with van der Waals surface area (Å²) in [5.74, 6) is -0.342. The monoisotopic (exact) mass is 374 g/mol. The van der Waals surface area contributed by atoms with Crippen LogP contribution in [-0.2, 0) is 6.18 Å². The Bertz CT molecular complexity index is 1110. The highest BCUT2D eigenvalue weighted by molar-refractivity contribution is 5.81. The topological polar surface area (TPSA) is 52.8 Å². The number of fused-ring (bicyclic) bond motifs is 1. The van der Waals surface area contributed by atoms with E-state index in [4.69, 9.17) is 4.74 Å². The van der Waals surface area contributed by atoms with E-state index >= 15 is 0 Å². The van der Waals surface area contributed by atoms with E-state index in [1.54, 1.807) is 0 Å². The maximum Gasteiger partial charge on any atom is 0.416 e. The van der Waals surface area contributed by atoms with E-state index in [2.05, 4.69) is 15.1 Å². The van der Waals surface area contributed by atoms with Crippen molar-refractivity contribution in [3.8, 4) is 17.3 Å². The normalized spacial score (nSPS) is 11.7. The van der Waals surface area contributed by atoms with Gasteiger partial charge in [-0.25, -0.2) is 19.0 Å². The molecule has 0 saturated carbocycles. The van der Waals surface area contributed by atoms with Gasteiger partial charge in [-0.1, -0.05) is 6.07 Å². The summed E-state index contributed by atoms with van der Waals surface area (Å²) >= 11 is 0. The van der Waals surface area contributed by atoms with Crippen LogP contribution in [0.5, 0.6) is 11.6 Å². The summed E-state index contributed by atoms with van der Waals surface area (Å²) in [6.45, 7) is 0. The van der Waals surface area contributed by atoms with E-state index in [1.807, 2.05) is 0 Å². The largest absolute Gasteiger partial charge is 0.438 e. The third-order valence-electron chi connectivity index (χ3n) is 3.78. The van der Waals surface area contributed by atoms with Crippen molar-refractivity contribution in [3.05, 3.63) is 72.4 Å². The number of hydrogen-bond acceptors (Lipinski definition) is 4. The lowest BCUT2D eigenvalue weighted by Crippen LogP contribution is -2.04. The zero-order valence-corrected chi connectivity index (χ0v) is 13.5. The van der Waals surface area contributed by atoms with E-state index in [1.165, 1.54) is 53.6 Å². The number of hydrogen-bond donors (Lipinski definition) is 0. The number of ether oxygens (including phenoxy) is 1. The molecule has 0 N–H and O–H groups in total. The maximum absolute atomic E-state index is 13.1. The van der Waals surface area contributed by atoms with E-state index in [9.17, 15) is 17.6 Å². The lowest BCUT2D eigenvalue weighted by molar-refractivity contribution is -0.137. The molecule has 0 atom stereocenters.